The molecule has 23 heavy (non-hydrogen) atoms. The first-order valence-corrected chi connectivity index (χ1v) is 8.73. The number of aryl methyl sites for hydroxylation is 1. The van der Waals surface area contributed by atoms with E-state index in [-0.39, 0.29) is 0 Å². The van der Waals surface area contributed by atoms with Crippen LogP contribution in [-0.4, -0.2) is 28.6 Å². The van der Waals surface area contributed by atoms with Crippen LogP contribution in [0.5, 0.6) is 0 Å². The molecule has 0 bridgehead atoms. The van der Waals surface area contributed by atoms with E-state index in [4.69, 9.17) is 4.52 Å². The van der Waals surface area contributed by atoms with Crippen LogP contribution in [0.4, 0.5) is 0 Å². The summed E-state index contributed by atoms with van der Waals surface area (Å²) in [6.45, 7) is 3.24. The Kier molecular flexibility index (Phi) is 5.20. The minimum atomic E-state index is 0.442. The Morgan fingerprint density at radius 2 is 2.00 bits per heavy atom. The van der Waals surface area contributed by atoms with E-state index < -0.39 is 0 Å². The maximum Gasteiger partial charge on any atom is 0.227 e. The summed E-state index contributed by atoms with van der Waals surface area (Å²) in [6, 6.07) is 14.7. The van der Waals surface area contributed by atoms with Crippen LogP contribution in [0, 0.1) is 0 Å². The highest BCUT2D eigenvalue weighted by molar-refractivity contribution is 7.10. The number of hydrogen-bond acceptors (Lipinski definition) is 5. The van der Waals surface area contributed by atoms with Gasteiger partial charge in [0.2, 0.25) is 11.7 Å². The van der Waals surface area contributed by atoms with Gasteiger partial charge in [-0.25, -0.2) is 0 Å². The monoisotopic (exact) mass is 327 g/mol. The minimum Gasteiger partial charge on any atom is -0.339 e. The van der Waals surface area contributed by atoms with Crippen molar-refractivity contribution in [3.8, 4) is 11.4 Å². The van der Waals surface area contributed by atoms with E-state index in [1.54, 1.807) is 0 Å². The van der Waals surface area contributed by atoms with Crippen molar-refractivity contribution in [2.45, 2.75) is 25.8 Å². The van der Waals surface area contributed by atoms with Crippen molar-refractivity contribution in [2.75, 3.05) is 13.6 Å². The van der Waals surface area contributed by atoms with Crippen LogP contribution >= 0.6 is 11.3 Å². The lowest BCUT2D eigenvalue weighted by Crippen LogP contribution is -2.23. The van der Waals surface area contributed by atoms with Crippen LogP contribution in [0.15, 0.2) is 52.4 Å². The Morgan fingerprint density at radius 3 is 2.74 bits per heavy atom. The van der Waals surface area contributed by atoms with Gasteiger partial charge in [-0.1, -0.05) is 41.6 Å². The SMILES string of the molecule is CC(c1cccs1)N(C)CCCc1nc(-c2ccccc2)no1. The molecular formula is C18H21N3OS. The van der Waals surface area contributed by atoms with Crippen LogP contribution in [-0.2, 0) is 6.42 Å². The summed E-state index contributed by atoms with van der Waals surface area (Å²) < 4.78 is 5.36. The Bertz CT molecular complexity index is 709. The van der Waals surface area contributed by atoms with E-state index in [9.17, 15) is 0 Å². The number of hydrogen-bond donors (Lipinski definition) is 0. The third-order valence-electron chi connectivity index (χ3n) is 4.02. The maximum absolute atomic E-state index is 5.36. The van der Waals surface area contributed by atoms with Gasteiger partial charge in [0.15, 0.2) is 0 Å². The van der Waals surface area contributed by atoms with Gasteiger partial charge in [0, 0.05) is 22.9 Å². The molecule has 4 nitrogen and oxygen atoms in total. The van der Waals surface area contributed by atoms with E-state index in [0.717, 1.165) is 24.9 Å². The molecule has 0 spiro atoms. The van der Waals surface area contributed by atoms with E-state index in [1.807, 2.05) is 41.7 Å². The zero-order valence-corrected chi connectivity index (χ0v) is 14.3. The van der Waals surface area contributed by atoms with Gasteiger partial charge in [-0.15, -0.1) is 11.3 Å². The first-order chi connectivity index (χ1) is 11.2. The fraction of sp³-hybridized carbons (Fsp3) is 0.333. The van der Waals surface area contributed by atoms with Crippen molar-refractivity contribution in [2.24, 2.45) is 0 Å². The van der Waals surface area contributed by atoms with Gasteiger partial charge in [0.05, 0.1) is 0 Å². The molecule has 2 heterocycles. The molecule has 0 aliphatic rings. The summed E-state index contributed by atoms with van der Waals surface area (Å²) in [5, 5.41) is 6.19. The summed E-state index contributed by atoms with van der Waals surface area (Å²) >= 11 is 1.81. The summed E-state index contributed by atoms with van der Waals surface area (Å²) in [5.41, 5.74) is 0.992. The molecule has 1 atom stereocenters. The van der Waals surface area contributed by atoms with Crippen molar-refractivity contribution in [3.63, 3.8) is 0 Å². The van der Waals surface area contributed by atoms with E-state index >= 15 is 0 Å². The molecule has 0 radical (unpaired) electrons. The van der Waals surface area contributed by atoms with Crippen molar-refractivity contribution >= 4 is 11.3 Å². The van der Waals surface area contributed by atoms with Gasteiger partial charge in [0.1, 0.15) is 0 Å². The molecule has 1 unspecified atom stereocenters. The molecule has 0 N–H and O–H groups in total. The molecule has 5 heteroatoms. The zero-order chi connectivity index (χ0) is 16.1. The second-order valence-corrected chi connectivity index (χ2v) is 6.63. The fourth-order valence-corrected chi connectivity index (χ4v) is 3.33. The van der Waals surface area contributed by atoms with Crippen molar-refractivity contribution in [1.29, 1.82) is 0 Å². The predicted octanol–water partition coefficient (Wildman–Crippen LogP) is 4.42. The molecule has 120 valence electrons. The number of rotatable bonds is 7. The van der Waals surface area contributed by atoms with Crippen LogP contribution in [0.1, 0.15) is 30.2 Å². The lowest BCUT2D eigenvalue weighted by atomic mass is 10.2. The number of benzene rings is 1. The number of thiophene rings is 1. The molecule has 0 saturated carbocycles. The van der Waals surface area contributed by atoms with Gasteiger partial charge in [-0.2, -0.15) is 4.98 Å². The molecule has 0 amide bonds. The van der Waals surface area contributed by atoms with Gasteiger partial charge < -0.3 is 4.52 Å². The highest BCUT2D eigenvalue weighted by atomic mass is 32.1. The highest BCUT2D eigenvalue weighted by Gasteiger charge is 2.13. The topological polar surface area (TPSA) is 42.2 Å². The molecule has 3 aromatic rings. The molecule has 2 aromatic heterocycles. The summed E-state index contributed by atoms with van der Waals surface area (Å²) in [5.74, 6) is 1.38. The number of nitrogens with zero attached hydrogens (tertiary/aromatic N) is 3. The van der Waals surface area contributed by atoms with Crippen molar-refractivity contribution < 1.29 is 4.52 Å². The van der Waals surface area contributed by atoms with E-state index in [1.165, 1.54) is 4.88 Å². The quantitative estimate of drug-likeness (QED) is 0.644. The van der Waals surface area contributed by atoms with Crippen LogP contribution < -0.4 is 0 Å². The van der Waals surface area contributed by atoms with Gasteiger partial charge in [-0.05, 0) is 38.4 Å². The minimum absolute atomic E-state index is 0.442. The first kappa shape index (κ1) is 15.9. The largest absolute Gasteiger partial charge is 0.339 e. The molecule has 1 aromatic carbocycles. The average Bonchev–Trinajstić information content (AvgIpc) is 3.27. The molecule has 0 aliphatic heterocycles. The molecule has 3 rings (SSSR count). The third-order valence-corrected chi connectivity index (χ3v) is 5.06. The summed E-state index contributed by atoms with van der Waals surface area (Å²) in [6.07, 6.45) is 1.81. The lowest BCUT2D eigenvalue weighted by molar-refractivity contribution is 0.257. The fourth-order valence-electron chi connectivity index (χ4n) is 2.48. The third kappa shape index (κ3) is 4.06. The normalized spacial score (nSPS) is 12.7. The second kappa shape index (κ2) is 7.53. The lowest BCUT2D eigenvalue weighted by Gasteiger charge is -2.23. The standard InChI is InChI=1S/C18H21N3OS/c1-14(16-10-7-13-23-16)21(2)12-6-11-17-19-18(20-22-17)15-8-4-3-5-9-15/h3-5,7-10,13-14H,6,11-12H2,1-2H3. The van der Waals surface area contributed by atoms with Crippen LogP contribution in [0.3, 0.4) is 0 Å². The summed E-state index contributed by atoms with van der Waals surface area (Å²) in [4.78, 5) is 8.24. The zero-order valence-electron chi connectivity index (χ0n) is 13.5. The second-order valence-electron chi connectivity index (χ2n) is 5.65. The van der Waals surface area contributed by atoms with Crippen molar-refractivity contribution in [1.82, 2.24) is 15.0 Å². The molecule has 0 fully saturated rings. The molecular weight excluding hydrogens is 306 g/mol. The van der Waals surface area contributed by atoms with Gasteiger partial charge in [0.25, 0.3) is 0 Å². The molecule has 0 aliphatic carbocycles. The van der Waals surface area contributed by atoms with Crippen LogP contribution in [0.2, 0.25) is 0 Å². The van der Waals surface area contributed by atoms with E-state index in [0.29, 0.717) is 17.8 Å². The van der Waals surface area contributed by atoms with E-state index in [2.05, 4.69) is 46.5 Å². The average molecular weight is 327 g/mol. The Hall–Kier alpha value is -1.98. The Balaban J connectivity index is 1.50. The maximum atomic E-state index is 5.36. The van der Waals surface area contributed by atoms with Crippen LogP contribution in [0.25, 0.3) is 11.4 Å². The Labute approximate surface area is 140 Å². The molecule has 0 saturated heterocycles. The highest BCUT2D eigenvalue weighted by Crippen LogP contribution is 2.23. The Morgan fingerprint density at radius 1 is 1.17 bits per heavy atom. The smallest absolute Gasteiger partial charge is 0.227 e. The summed E-state index contributed by atoms with van der Waals surface area (Å²) in [7, 11) is 2.16. The van der Waals surface area contributed by atoms with Crippen molar-refractivity contribution in [3.05, 3.63) is 58.6 Å². The predicted molar refractivity (Wildman–Crippen MR) is 93.4 cm³/mol. The van der Waals surface area contributed by atoms with Gasteiger partial charge in [-0.3, -0.25) is 4.90 Å². The van der Waals surface area contributed by atoms with Gasteiger partial charge >= 0.3 is 0 Å². The first-order valence-electron chi connectivity index (χ1n) is 7.85. The number of aromatic nitrogens is 2.